The third-order valence-corrected chi connectivity index (χ3v) is 4.25. The molecule has 3 unspecified atom stereocenters. The number of nitrogens with two attached hydrogens (primary N) is 1. The molecule has 0 saturated heterocycles. The van der Waals surface area contributed by atoms with Gasteiger partial charge in [-0.05, 0) is 24.7 Å². The highest BCUT2D eigenvalue weighted by molar-refractivity contribution is 5.21. The van der Waals surface area contributed by atoms with Crippen molar-refractivity contribution in [2.45, 2.75) is 45.6 Å². The van der Waals surface area contributed by atoms with Gasteiger partial charge in [-0.1, -0.05) is 27.2 Å². The molecular formula is C10H19NO. The summed E-state index contributed by atoms with van der Waals surface area (Å²) in [5, 5.41) is 0. The Hall–Kier alpha value is -0.0800. The second-order valence-electron chi connectivity index (χ2n) is 5.17. The molecule has 12 heavy (non-hydrogen) atoms. The molecule has 0 aromatic rings. The van der Waals surface area contributed by atoms with Gasteiger partial charge in [0.15, 0.2) is 0 Å². The number of hydrogen-bond acceptors (Lipinski definition) is 2. The molecule has 2 aliphatic rings. The lowest BCUT2D eigenvalue weighted by Gasteiger charge is -2.25. The highest BCUT2D eigenvalue weighted by Gasteiger charge is 2.73. The lowest BCUT2D eigenvalue weighted by molar-refractivity contribution is -0.0269. The molecule has 0 aromatic carbocycles. The van der Waals surface area contributed by atoms with E-state index in [1.54, 1.807) is 0 Å². The van der Waals surface area contributed by atoms with Crippen LogP contribution in [0.4, 0.5) is 0 Å². The molecule has 70 valence electrons. The van der Waals surface area contributed by atoms with Gasteiger partial charge in [-0.3, -0.25) is 4.84 Å². The van der Waals surface area contributed by atoms with Gasteiger partial charge >= 0.3 is 0 Å². The minimum absolute atomic E-state index is 0.0324. The molecule has 3 atom stereocenters. The van der Waals surface area contributed by atoms with Crippen molar-refractivity contribution in [1.82, 2.24) is 0 Å². The third kappa shape index (κ3) is 0.775. The highest BCUT2D eigenvalue weighted by atomic mass is 16.6. The molecule has 2 N–H and O–H groups in total. The summed E-state index contributed by atoms with van der Waals surface area (Å²) in [4.78, 5) is 5.24. The van der Waals surface area contributed by atoms with E-state index < -0.39 is 0 Å². The molecule has 2 saturated carbocycles. The molecule has 0 bridgehead atoms. The maximum absolute atomic E-state index is 5.42. The van der Waals surface area contributed by atoms with E-state index in [4.69, 9.17) is 10.7 Å². The summed E-state index contributed by atoms with van der Waals surface area (Å²) in [6, 6.07) is 0. The van der Waals surface area contributed by atoms with Crippen LogP contribution in [-0.4, -0.2) is 5.60 Å². The van der Waals surface area contributed by atoms with Crippen molar-refractivity contribution in [2.24, 2.45) is 23.1 Å². The molecule has 2 aliphatic carbocycles. The number of hydrogen-bond donors (Lipinski definition) is 1. The Morgan fingerprint density at radius 3 is 2.50 bits per heavy atom. The van der Waals surface area contributed by atoms with Crippen LogP contribution in [0.3, 0.4) is 0 Å². The average Bonchev–Trinajstić information content (AvgIpc) is 2.49. The van der Waals surface area contributed by atoms with E-state index >= 15 is 0 Å². The van der Waals surface area contributed by atoms with Gasteiger partial charge < -0.3 is 0 Å². The Morgan fingerprint density at radius 1 is 1.33 bits per heavy atom. The molecule has 0 radical (unpaired) electrons. The quantitative estimate of drug-likeness (QED) is 0.610. The minimum Gasteiger partial charge on any atom is -0.297 e. The lowest BCUT2D eigenvalue weighted by atomic mass is 9.88. The van der Waals surface area contributed by atoms with Gasteiger partial charge in [0.25, 0.3) is 0 Å². The molecular weight excluding hydrogens is 150 g/mol. The van der Waals surface area contributed by atoms with Crippen LogP contribution >= 0.6 is 0 Å². The summed E-state index contributed by atoms with van der Waals surface area (Å²) < 4.78 is 0. The normalized spacial score (nSPS) is 50.0. The predicted octanol–water partition coefficient (Wildman–Crippen LogP) is 2.09. The highest BCUT2D eigenvalue weighted by Crippen LogP contribution is 2.70. The zero-order valence-electron chi connectivity index (χ0n) is 8.26. The van der Waals surface area contributed by atoms with Crippen molar-refractivity contribution < 1.29 is 4.84 Å². The van der Waals surface area contributed by atoms with Crippen molar-refractivity contribution in [3.05, 3.63) is 0 Å². The second kappa shape index (κ2) is 2.24. The van der Waals surface area contributed by atoms with Gasteiger partial charge in [0.1, 0.15) is 0 Å². The molecule has 0 aromatic heterocycles. The maximum atomic E-state index is 5.42. The fraction of sp³-hybridized carbons (Fsp3) is 1.00. The standard InChI is InChI=1S/C10H19NO/c1-7-4-5-8-9(2,3)10(8,6-7)12-11/h7-8H,4-6,11H2,1-3H3. The van der Waals surface area contributed by atoms with E-state index in [0.717, 1.165) is 12.3 Å². The fourth-order valence-electron chi connectivity index (χ4n) is 3.28. The van der Waals surface area contributed by atoms with Crippen LogP contribution in [0.2, 0.25) is 0 Å². The minimum atomic E-state index is 0.0324. The first-order chi connectivity index (χ1) is 5.54. The van der Waals surface area contributed by atoms with Gasteiger partial charge in [0.05, 0.1) is 5.60 Å². The molecule has 0 spiro atoms. The van der Waals surface area contributed by atoms with Gasteiger partial charge in [0.2, 0.25) is 0 Å². The summed E-state index contributed by atoms with van der Waals surface area (Å²) in [7, 11) is 0. The Morgan fingerprint density at radius 2 is 2.00 bits per heavy atom. The van der Waals surface area contributed by atoms with E-state index in [1.165, 1.54) is 12.8 Å². The van der Waals surface area contributed by atoms with E-state index in [9.17, 15) is 0 Å². The first-order valence-corrected chi connectivity index (χ1v) is 4.92. The predicted molar refractivity (Wildman–Crippen MR) is 48.3 cm³/mol. The Balaban J connectivity index is 2.19. The van der Waals surface area contributed by atoms with Gasteiger partial charge in [-0.25, -0.2) is 5.90 Å². The summed E-state index contributed by atoms with van der Waals surface area (Å²) in [5.41, 5.74) is 0.358. The van der Waals surface area contributed by atoms with E-state index in [-0.39, 0.29) is 5.60 Å². The second-order valence-corrected chi connectivity index (χ2v) is 5.17. The largest absolute Gasteiger partial charge is 0.297 e. The van der Waals surface area contributed by atoms with Gasteiger partial charge in [-0.2, -0.15) is 0 Å². The zero-order chi connectivity index (χ0) is 8.98. The summed E-state index contributed by atoms with van der Waals surface area (Å²) in [6.07, 6.45) is 3.80. The van der Waals surface area contributed by atoms with Crippen molar-refractivity contribution in [3.63, 3.8) is 0 Å². The third-order valence-electron chi connectivity index (χ3n) is 4.25. The first kappa shape index (κ1) is 8.52. The van der Waals surface area contributed by atoms with Crippen LogP contribution in [-0.2, 0) is 4.84 Å². The molecule has 0 amide bonds. The van der Waals surface area contributed by atoms with E-state index in [2.05, 4.69) is 20.8 Å². The molecule has 0 aliphatic heterocycles. The number of rotatable bonds is 1. The fourth-order valence-corrected chi connectivity index (χ4v) is 3.28. The molecule has 2 rings (SSSR count). The topological polar surface area (TPSA) is 35.2 Å². The zero-order valence-corrected chi connectivity index (χ0v) is 8.26. The monoisotopic (exact) mass is 169 g/mol. The van der Waals surface area contributed by atoms with Crippen molar-refractivity contribution >= 4 is 0 Å². The molecule has 2 heteroatoms. The Bertz CT molecular complexity index is 202. The first-order valence-electron chi connectivity index (χ1n) is 4.92. The van der Waals surface area contributed by atoms with Crippen molar-refractivity contribution in [3.8, 4) is 0 Å². The maximum Gasteiger partial charge on any atom is 0.0984 e. The van der Waals surface area contributed by atoms with Crippen LogP contribution in [0.1, 0.15) is 40.0 Å². The Labute approximate surface area is 74.4 Å². The van der Waals surface area contributed by atoms with Crippen molar-refractivity contribution in [1.29, 1.82) is 0 Å². The smallest absolute Gasteiger partial charge is 0.0984 e. The van der Waals surface area contributed by atoms with E-state index in [1.807, 2.05) is 0 Å². The summed E-state index contributed by atoms with van der Waals surface area (Å²) >= 11 is 0. The summed E-state index contributed by atoms with van der Waals surface area (Å²) in [6.45, 7) is 6.86. The van der Waals surface area contributed by atoms with Gasteiger partial charge in [-0.15, -0.1) is 0 Å². The van der Waals surface area contributed by atoms with Crippen LogP contribution in [0.5, 0.6) is 0 Å². The lowest BCUT2D eigenvalue weighted by Crippen LogP contribution is -2.30. The van der Waals surface area contributed by atoms with Crippen LogP contribution in [0.25, 0.3) is 0 Å². The van der Waals surface area contributed by atoms with Crippen LogP contribution in [0.15, 0.2) is 0 Å². The van der Waals surface area contributed by atoms with Crippen LogP contribution in [0, 0.1) is 17.3 Å². The molecule has 2 fully saturated rings. The molecule has 2 nitrogen and oxygen atoms in total. The average molecular weight is 169 g/mol. The molecule has 0 heterocycles. The Kier molecular flexibility index (Phi) is 1.59. The van der Waals surface area contributed by atoms with Crippen molar-refractivity contribution in [2.75, 3.05) is 0 Å². The number of fused-ring (bicyclic) bond motifs is 1. The van der Waals surface area contributed by atoms with Gasteiger partial charge in [0, 0.05) is 5.41 Å². The van der Waals surface area contributed by atoms with E-state index in [0.29, 0.717) is 11.3 Å². The summed E-state index contributed by atoms with van der Waals surface area (Å²) in [5.74, 6) is 6.91. The van der Waals surface area contributed by atoms with Crippen LogP contribution < -0.4 is 5.90 Å². The SMILES string of the molecule is CC1CCC2C(C)(C)C2(ON)C1.